The maximum Gasteiger partial charge on any atom is 1.00 e. The van der Waals surface area contributed by atoms with E-state index in [1.54, 1.807) is 13.0 Å². The van der Waals surface area contributed by atoms with Gasteiger partial charge >= 0.3 is 35.7 Å². The smallest absolute Gasteiger partial charge is 0.870 e. The van der Waals surface area contributed by atoms with Crippen LogP contribution < -0.4 is 34.9 Å². The summed E-state index contributed by atoms with van der Waals surface area (Å²) >= 11 is 7.44. The van der Waals surface area contributed by atoms with Gasteiger partial charge in [-0.1, -0.05) is 78.4 Å². The van der Waals surface area contributed by atoms with E-state index in [0.717, 1.165) is 40.3 Å². The minimum atomic E-state index is -0.601. The van der Waals surface area contributed by atoms with Crippen molar-refractivity contribution in [2.24, 2.45) is 0 Å². The summed E-state index contributed by atoms with van der Waals surface area (Å²) in [5.74, 6) is 6.30. The Hall–Kier alpha value is -2.70. The molecule has 6 nitrogen and oxygen atoms in total. The Balaban J connectivity index is 0.00000200. The molecule has 0 unspecified atom stereocenters. The Bertz CT molecular complexity index is 1560. The van der Waals surface area contributed by atoms with Crippen LogP contribution in [0, 0.1) is 18.8 Å². The number of nitrogens with one attached hydrogen (secondary N) is 1. The standard InChI is InChI=1S/C29H22ClN2O3S.Na.H2O/c1-18-27(31-28(34)35-19(2)24-5-3-4-6-25(24)30)26(36-32-18)12-8-20-7-9-22-16-23(11-10-21(22)15-20)29(17-33)13-14-29;;/h3-7,9-11,15-16,19H,13-14H2,1-2H3,(H,31,34);;1H2/q-1;+1;/p-1/t19-;;/m1../s1. The van der Waals surface area contributed by atoms with E-state index in [-0.39, 0.29) is 35.0 Å². The predicted molar refractivity (Wildman–Crippen MR) is 145 cm³/mol. The summed E-state index contributed by atoms with van der Waals surface area (Å²) in [5.41, 5.74) is 3.38. The molecule has 3 aromatic carbocycles. The molecule has 0 radical (unpaired) electrons. The van der Waals surface area contributed by atoms with Crippen molar-refractivity contribution in [3.8, 4) is 11.8 Å². The number of halogens is 1. The van der Waals surface area contributed by atoms with Gasteiger partial charge in [0.2, 0.25) is 0 Å². The summed E-state index contributed by atoms with van der Waals surface area (Å²) in [5, 5.41) is 5.43. The number of hydrogen-bond acceptors (Lipinski definition) is 6. The Morgan fingerprint density at radius 2 is 1.84 bits per heavy atom. The third-order valence-corrected chi connectivity index (χ3v) is 7.57. The second-order valence-corrected chi connectivity index (χ2v) is 10.1. The Kier molecular flexibility index (Phi) is 9.77. The van der Waals surface area contributed by atoms with Crippen molar-refractivity contribution in [3.63, 3.8) is 0 Å². The molecular weight excluding hydrogens is 531 g/mol. The van der Waals surface area contributed by atoms with Gasteiger partial charge in [0.05, 0.1) is 11.4 Å². The first-order chi connectivity index (χ1) is 17.4. The molecule has 1 fully saturated rings. The van der Waals surface area contributed by atoms with Gasteiger partial charge in [0.15, 0.2) is 0 Å². The molecular formula is C29H23ClN2NaO4S-. The van der Waals surface area contributed by atoms with E-state index in [1.807, 2.05) is 55.5 Å². The second-order valence-electron chi connectivity index (χ2n) is 8.88. The van der Waals surface area contributed by atoms with E-state index in [4.69, 9.17) is 16.3 Å². The number of benzene rings is 3. The van der Waals surface area contributed by atoms with Gasteiger partial charge in [0.1, 0.15) is 11.0 Å². The number of carbonyl (C=O) groups is 1. The van der Waals surface area contributed by atoms with Crippen LogP contribution in [0.3, 0.4) is 0 Å². The number of anilines is 1. The first-order valence-corrected chi connectivity index (χ1v) is 12.7. The normalized spacial score (nSPS) is 13.7. The number of amides is 1. The van der Waals surface area contributed by atoms with Crippen molar-refractivity contribution in [1.29, 1.82) is 0 Å². The van der Waals surface area contributed by atoms with E-state index >= 15 is 0 Å². The van der Waals surface area contributed by atoms with Gasteiger partial charge in [-0.15, -0.1) is 5.41 Å². The molecule has 5 rings (SSSR count). The van der Waals surface area contributed by atoms with Crippen molar-refractivity contribution in [2.45, 2.75) is 38.2 Å². The zero-order chi connectivity index (χ0) is 25.3. The Labute approximate surface area is 252 Å². The van der Waals surface area contributed by atoms with Crippen LogP contribution in [0.25, 0.3) is 10.8 Å². The number of ether oxygens (including phenoxy) is 1. The fraction of sp³-hybridized carbons (Fsp3) is 0.207. The first-order valence-electron chi connectivity index (χ1n) is 11.5. The molecule has 9 heteroatoms. The van der Waals surface area contributed by atoms with Crippen molar-refractivity contribution >= 4 is 52.0 Å². The van der Waals surface area contributed by atoms with E-state index in [2.05, 4.69) is 33.9 Å². The molecule has 38 heavy (non-hydrogen) atoms. The monoisotopic (exact) mass is 553 g/mol. The van der Waals surface area contributed by atoms with E-state index in [1.165, 1.54) is 11.5 Å². The zero-order valence-corrected chi connectivity index (χ0v) is 24.7. The minimum absolute atomic E-state index is 0. The number of rotatable bonds is 5. The number of hydrogen-bond donors (Lipinski definition) is 1. The van der Waals surface area contributed by atoms with E-state index in [0.29, 0.717) is 21.3 Å². The van der Waals surface area contributed by atoms with Crippen molar-refractivity contribution in [1.82, 2.24) is 4.37 Å². The quantitative estimate of drug-likeness (QED) is 0.229. The van der Waals surface area contributed by atoms with Gasteiger partial charge < -0.3 is 15.0 Å². The van der Waals surface area contributed by atoms with Crippen LogP contribution in [0.15, 0.2) is 60.7 Å². The summed E-state index contributed by atoms with van der Waals surface area (Å²) in [6.07, 6.45) is 2.81. The molecule has 4 aromatic rings. The van der Waals surface area contributed by atoms with Crippen LogP contribution in [-0.4, -0.2) is 22.2 Å². The SMILES string of the molecule is Cc1nsc(C#Cc2ccc3cc(C4([C-]=O)CC4)ccc3c2)c1NC(=O)O[C@H](C)c1ccccc1Cl.[Na+].[OH-]. The largest absolute Gasteiger partial charge is 1.00 e. The van der Waals surface area contributed by atoms with Crippen LogP contribution in [0.2, 0.25) is 5.02 Å². The predicted octanol–water partition coefficient (Wildman–Crippen LogP) is 3.94. The van der Waals surface area contributed by atoms with Crippen LogP contribution in [0.5, 0.6) is 0 Å². The molecule has 0 saturated heterocycles. The Morgan fingerprint density at radius 3 is 2.55 bits per heavy atom. The number of carbonyl (C=O) groups excluding carboxylic acids is 2. The van der Waals surface area contributed by atoms with Crippen molar-refractivity contribution in [3.05, 3.63) is 92.9 Å². The van der Waals surface area contributed by atoms with Crippen molar-refractivity contribution < 1.29 is 49.4 Å². The van der Waals surface area contributed by atoms with Gasteiger partial charge in [0.25, 0.3) is 0 Å². The summed E-state index contributed by atoms with van der Waals surface area (Å²) in [4.78, 5) is 24.6. The average molecular weight is 554 g/mol. The molecule has 188 valence electrons. The summed E-state index contributed by atoms with van der Waals surface area (Å²) in [7, 11) is 0. The zero-order valence-electron chi connectivity index (χ0n) is 21.2. The van der Waals surface area contributed by atoms with Gasteiger partial charge in [-0.05, 0) is 60.3 Å². The molecule has 1 aromatic heterocycles. The molecule has 1 atom stereocenters. The van der Waals surface area contributed by atoms with Crippen LogP contribution in [0.4, 0.5) is 10.5 Å². The minimum Gasteiger partial charge on any atom is -0.870 e. The average Bonchev–Trinajstić information content (AvgIpc) is 3.61. The van der Waals surface area contributed by atoms with Gasteiger partial charge in [-0.25, -0.2) is 4.79 Å². The molecule has 1 aliphatic rings. The fourth-order valence-electron chi connectivity index (χ4n) is 4.09. The summed E-state index contributed by atoms with van der Waals surface area (Å²) < 4.78 is 9.87. The maximum atomic E-state index is 12.6. The fourth-order valence-corrected chi connectivity index (χ4v) is 5.08. The van der Waals surface area contributed by atoms with Gasteiger partial charge in [0, 0.05) is 16.1 Å². The number of fused-ring (bicyclic) bond motifs is 1. The first kappa shape index (κ1) is 29.9. The second kappa shape index (κ2) is 12.4. The number of nitrogens with zero attached hydrogens (tertiary/aromatic N) is 1. The van der Waals surface area contributed by atoms with Crippen molar-refractivity contribution in [2.75, 3.05) is 5.32 Å². The van der Waals surface area contributed by atoms with E-state index < -0.39 is 17.6 Å². The summed E-state index contributed by atoms with van der Waals surface area (Å²) in [6.45, 7) is 3.58. The summed E-state index contributed by atoms with van der Waals surface area (Å²) in [6, 6.07) is 19.3. The van der Waals surface area contributed by atoms with Crippen LogP contribution in [0.1, 0.15) is 53.1 Å². The molecule has 1 heterocycles. The maximum absolute atomic E-state index is 12.6. The molecule has 2 N–H and O–H groups in total. The molecule has 0 bridgehead atoms. The van der Waals surface area contributed by atoms with Crippen LogP contribution >= 0.6 is 23.1 Å². The molecule has 1 saturated carbocycles. The van der Waals surface area contributed by atoms with E-state index in [9.17, 15) is 9.59 Å². The molecule has 0 spiro atoms. The number of aryl methyl sites for hydroxylation is 1. The molecule has 1 aliphatic carbocycles. The Morgan fingerprint density at radius 1 is 1.13 bits per heavy atom. The molecule has 0 aliphatic heterocycles. The number of aromatic nitrogens is 1. The third kappa shape index (κ3) is 6.29. The van der Waals surface area contributed by atoms with Gasteiger partial charge in [-0.3, -0.25) is 11.6 Å². The topological polar surface area (TPSA) is 98.3 Å². The van der Waals surface area contributed by atoms with Crippen LogP contribution in [-0.2, 0) is 14.9 Å². The van der Waals surface area contributed by atoms with Gasteiger partial charge in [-0.2, -0.15) is 4.37 Å². The third-order valence-electron chi connectivity index (χ3n) is 6.38. The molecule has 1 amide bonds.